The van der Waals surface area contributed by atoms with Crippen molar-refractivity contribution in [3.05, 3.63) is 65.7 Å². The summed E-state index contributed by atoms with van der Waals surface area (Å²) >= 11 is 0. The molecule has 0 fully saturated rings. The van der Waals surface area contributed by atoms with E-state index in [1.54, 1.807) is 7.11 Å². The van der Waals surface area contributed by atoms with Crippen LogP contribution in [0.15, 0.2) is 54.6 Å². The van der Waals surface area contributed by atoms with Crippen LogP contribution in [0.2, 0.25) is 0 Å². The molecule has 1 aliphatic heterocycles. The van der Waals surface area contributed by atoms with Crippen molar-refractivity contribution in [3.8, 4) is 22.6 Å². The molecule has 0 atom stereocenters. The fourth-order valence-corrected chi connectivity index (χ4v) is 3.35. The van der Waals surface area contributed by atoms with E-state index in [2.05, 4.69) is 48.6 Å². The van der Waals surface area contributed by atoms with Crippen molar-refractivity contribution in [2.75, 3.05) is 7.11 Å². The van der Waals surface area contributed by atoms with Gasteiger partial charge >= 0.3 is 0 Å². The highest BCUT2D eigenvalue weighted by Crippen LogP contribution is 2.46. The van der Waals surface area contributed by atoms with Crippen molar-refractivity contribution < 1.29 is 9.47 Å². The molecule has 4 rings (SSSR count). The predicted octanol–water partition coefficient (Wildman–Crippen LogP) is 5.44. The van der Waals surface area contributed by atoms with Gasteiger partial charge in [-0.05, 0) is 35.7 Å². The topological polar surface area (TPSA) is 18.5 Å². The number of benzene rings is 3. The molecule has 3 aromatic rings. The second-order valence-corrected chi connectivity index (χ2v) is 5.67. The minimum Gasteiger partial charge on any atom is -0.496 e. The van der Waals surface area contributed by atoms with Gasteiger partial charge in [0.25, 0.3) is 0 Å². The summed E-state index contributed by atoms with van der Waals surface area (Å²) in [6, 6.07) is 16.8. The first-order valence-electron chi connectivity index (χ1n) is 7.81. The highest BCUT2D eigenvalue weighted by molar-refractivity contribution is 6.04. The Morgan fingerprint density at radius 1 is 1.04 bits per heavy atom. The maximum Gasteiger partial charge on any atom is 0.135 e. The zero-order valence-corrected chi connectivity index (χ0v) is 13.3. The zero-order valence-electron chi connectivity index (χ0n) is 13.3. The fourth-order valence-electron chi connectivity index (χ4n) is 3.35. The number of hydrogen-bond donors (Lipinski definition) is 0. The van der Waals surface area contributed by atoms with Crippen LogP contribution < -0.4 is 9.47 Å². The average Bonchev–Trinajstić information content (AvgIpc) is 2.61. The number of fused-ring (bicyclic) bond motifs is 5. The molecule has 2 nitrogen and oxygen atoms in total. The lowest BCUT2D eigenvalue weighted by molar-refractivity contribution is 0.306. The van der Waals surface area contributed by atoms with E-state index < -0.39 is 0 Å². The van der Waals surface area contributed by atoms with Crippen LogP contribution in [0.3, 0.4) is 0 Å². The first-order chi connectivity index (χ1) is 11.3. The van der Waals surface area contributed by atoms with E-state index in [0.717, 1.165) is 33.4 Å². The zero-order chi connectivity index (χ0) is 15.8. The normalized spacial score (nSPS) is 12.8. The van der Waals surface area contributed by atoms with Crippen LogP contribution in [0.5, 0.6) is 11.5 Å². The van der Waals surface area contributed by atoms with Gasteiger partial charge in [-0.15, -0.1) is 0 Å². The Balaban J connectivity index is 2.13. The van der Waals surface area contributed by atoms with Gasteiger partial charge in [-0.1, -0.05) is 48.6 Å². The number of methoxy groups -OCH3 is 1. The summed E-state index contributed by atoms with van der Waals surface area (Å²) in [4.78, 5) is 0. The fraction of sp³-hybridized carbons (Fsp3) is 0.143. The van der Waals surface area contributed by atoms with Crippen molar-refractivity contribution in [1.29, 1.82) is 0 Å². The second kappa shape index (κ2) is 5.47. The van der Waals surface area contributed by atoms with E-state index in [1.165, 1.54) is 11.1 Å². The van der Waals surface area contributed by atoms with Crippen LogP contribution in [-0.2, 0) is 6.61 Å². The summed E-state index contributed by atoms with van der Waals surface area (Å²) < 4.78 is 11.7. The Morgan fingerprint density at radius 2 is 1.91 bits per heavy atom. The monoisotopic (exact) mass is 302 g/mol. The maximum atomic E-state index is 6.12. The van der Waals surface area contributed by atoms with Gasteiger partial charge in [-0.2, -0.15) is 0 Å². The molecule has 0 saturated carbocycles. The number of hydrogen-bond acceptors (Lipinski definition) is 2. The van der Waals surface area contributed by atoms with Crippen molar-refractivity contribution in [2.45, 2.75) is 13.5 Å². The average molecular weight is 302 g/mol. The lowest BCUT2D eigenvalue weighted by Gasteiger charge is -2.24. The van der Waals surface area contributed by atoms with E-state index >= 15 is 0 Å². The summed E-state index contributed by atoms with van der Waals surface area (Å²) in [5, 5.41) is 2.20. The molecule has 0 spiro atoms. The molecular weight excluding hydrogens is 284 g/mol. The minimum absolute atomic E-state index is 0.610. The molecule has 3 aromatic carbocycles. The van der Waals surface area contributed by atoms with Gasteiger partial charge < -0.3 is 9.47 Å². The van der Waals surface area contributed by atoms with E-state index in [9.17, 15) is 0 Å². The van der Waals surface area contributed by atoms with Gasteiger partial charge in [0, 0.05) is 16.3 Å². The maximum absolute atomic E-state index is 6.12. The summed E-state index contributed by atoms with van der Waals surface area (Å²) in [5.74, 6) is 1.83. The van der Waals surface area contributed by atoms with Gasteiger partial charge in [-0.25, -0.2) is 0 Å². The lowest BCUT2D eigenvalue weighted by atomic mass is 9.91. The number of ether oxygens (including phenoxy) is 2. The molecule has 0 aromatic heterocycles. The minimum atomic E-state index is 0.610. The largest absolute Gasteiger partial charge is 0.496 e. The third-order valence-corrected chi connectivity index (χ3v) is 4.35. The van der Waals surface area contributed by atoms with E-state index in [1.807, 2.05) is 19.1 Å². The highest BCUT2D eigenvalue weighted by Gasteiger charge is 2.21. The molecule has 0 amide bonds. The standard InChI is InChI=1S/C21H18O2/c1-3-7-14-12-18-16-9-5-4-8-15(16)13-23-21(18)17-10-6-11-19(22-2)20(14)17/h3-12H,13H2,1-2H3/b7-3-. The van der Waals surface area contributed by atoms with E-state index in [4.69, 9.17) is 9.47 Å². The van der Waals surface area contributed by atoms with Gasteiger partial charge in [-0.3, -0.25) is 0 Å². The highest BCUT2D eigenvalue weighted by atomic mass is 16.5. The predicted molar refractivity (Wildman–Crippen MR) is 95.0 cm³/mol. The van der Waals surface area contributed by atoms with Crippen LogP contribution in [-0.4, -0.2) is 7.11 Å². The third kappa shape index (κ3) is 2.10. The SMILES string of the molecule is C/C=C\c1cc2c(c3cccc(OC)c13)OCc1ccccc1-2. The Kier molecular flexibility index (Phi) is 3.30. The molecular formula is C21H18O2. The molecule has 23 heavy (non-hydrogen) atoms. The van der Waals surface area contributed by atoms with Crippen LogP contribution in [0.25, 0.3) is 28.0 Å². The van der Waals surface area contributed by atoms with Crippen LogP contribution in [0.1, 0.15) is 18.1 Å². The van der Waals surface area contributed by atoms with Crippen LogP contribution in [0.4, 0.5) is 0 Å². The van der Waals surface area contributed by atoms with Crippen molar-refractivity contribution in [1.82, 2.24) is 0 Å². The van der Waals surface area contributed by atoms with Crippen molar-refractivity contribution in [2.24, 2.45) is 0 Å². The first kappa shape index (κ1) is 13.9. The van der Waals surface area contributed by atoms with Gasteiger partial charge in [0.15, 0.2) is 0 Å². The Hall–Kier alpha value is -2.74. The first-order valence-corrected chi connectivity index (χ1v) is 7.81. The molecule has 0 unspecified atom stereocenters. The van der Waals surface area contributed by atoms with E-state index in [0.29, 0.717) is 6.61 Å². The number of rotatable bonds is 2. The molecule has 0 N–H and O–H groups in total. The Bertz CT molecular complexity index is 923. The molecule has 1 heterocycles. The summed E-state index contributed by atoms with van der Waals surface area (Å²) in [6.07, 6.45) is 4.19. The molecule has 1 aliphatic rings. The molecule has 2 heteroatoms. The Morgan fingerprint density at radius 3 is 2.74 bits per heavy atom. The van der Waals surface area contributed by atoms with Crippen LogP contribution in [0, 0.1) is 0 Å². The molecule has 0 radical (unpaired) electrons. The summed E-state index contributed by atoms with van der Waals surface area (Å²) in [5.41, 5.74) is 4.79. The molecule has 0 aliphatic carbocycles. The lowest BCUT2D eigenvalue weighted by Crippen LogP contribution is -2.06. The summed E-state index contributed by atoms with van der Waals surface area (Å²) in [6.45, 7) is 2.64. The smallest absolute Gasteiger partial charge is 0.135 e. The second-order valence-electron chi connectivity index (χ2n) is 5.67. The van der Waals surface area contributed by atoms with Gasteiger partial charge in [0.2, 0.25) is 0 Å². The van der Waals surface area contributed by atoms with Gasteiger partial charge in [0.1, 0.15) is 18.1 Å². The van der Waals surface area contributed by atoms with Gasteiger partial charge in [0.05, 0.1) is 7.11 Å². The Labute approximate surface area is 136 Å². The molecule has 114 valence electrons. The molecule has 0 bridgehead atoms. The number of allylic oxidation sites excluding steroid dienone is 1. The third-order valence-electron chi connectivity index (χ3n) is 4.35. The molecule has 0 saturated heterocycles. The van der Waals surface area contributed by atoms with Crippen molar-refractivity contribution in [3.63, 3.8) is 0 Å². The quantitative estimate of drug-likeness (QED) is 0.627. The van der Waals surface area contributed by atoms with Crippen LogP contribution >= 0.6 is 0 Å². The van der Waals surface area contributed by atoms with Crippen molar-refractivity contribution >= 4 is 16.8 Å². The summed E-state index contributed by atoms with van der Waals surface area (Å²) in [7, 11) is 1.71. The van der Waals surface area contributed by atoms with E-state index in [-0.39, 0.29) is 0 Å².